The number of rotatable bonds is 0. The molecule has 1 aliphatic carbocycles. The predicted octanol–water partition coefficient (Wildman–Crippen LogP) is 0.592. The Hall–Kier alpha value is -0.0800. The van der Waals surface area contributed by atoms with Crippen LogP contribution in [0.15, 0.2) is 0 Å². The quantitative estimate of drug-likeness (QED) is 0.358. The van der Waals surface area contributed by atoms with Crippen molar-refractivity contribution in [3.63, 3.8) is 0 Å². The fourth-order valence-corrected chi connectivity index (χ4v) is 0. The number of nitrogens with two attached hydrogens (primary N) is 1. The third-order valence-electron chi connectivity index (χ3n) is 0.354. The van der Waals surface area contributed by atoms with E-state index in [4.69, 9.17) is 5.84 Å². The first kappa shape index (κ1) is 6.92. The Morgan fingerprint density at radius 2 is 1.29 bits per heavy atom. The molecule has 0 aromatic rings. The van der Waals surface area contributed by atoms with E-state index in [1.807, 2.05) is 0 Å². The molecule has 0 unspecified atom stereocenters. The van der Waals surface area contributed by atoms with Crippen molar-refractivity contribution in [3.8, 4) is 0 Å². The van der Waals surface area contributed by atoms with Gasteiger partial charge in [0.05, 0.1) is 0 Å². The van der Waals surface area contributed by atoms with E-state index >= 15 is 0 Å². The maximum Gasteiger partial charge on any atom is 0.00105 e. The number of nitrogens with zero attached hydrogens (tertiary/aromatic N) is 1. The van der Waals surface area contributed by atoms with E-state index < -0.39 is 0 Å². The van der Waals surface area contributed by atoms with Crippen LogP contribution < -0.4 is 5.84 Å². The molecule has 0 bridgehead atoms. The molecule has 1 saturated carbocycles. The molecule has 2 N–H and O–H groups in total. The Balaban J connectivity index is 0.000000105. The summed E-state index contributed by atoms with van der Waals surface area (Å²) in [5.74, 6) is 4.94. The second-order valence-electron chi connectivity index (χ2n) is 2.02. The van der Waals surface area contributed by atoms with E-state index in [1.165, 1.54) is 24.3 Å². The lowest BCUT2D eigenvalue weighted by Gasteiger charge is -1.91. The minimum Gasteiger partial charge on any atom is -0.269 e. The highest BCUT2D eigenvalue weighted by molar-refractivity contribution is 4.50. The second-order valence-corrected chi connectivity index (χ2v) is 2.02. The van der Waals surface area contributed by atoms with Gasteiger partial charge in [0.25, 0.3) is 0 Å². The van der Waals surface area contributed by atoms with Crippen molar-refractivity contribution in [2.45, 2.75) is 19.3 Å². The predicted molar refractivity (Wildman–Crippen MR) is 31.7 cm³/mol. The van der Waals surface area contributed by atoms with E-state index in [0.717, 1.165) is 0 Å². The molecule has 44 valence electrons. The van der Waals surface area contributed by atoms with Gasteiger partial charge in [-0.1, -0.05) is 19.3 Å². The molecule has 0 saturated heterocycles. The second kappa shape index (κ2) is 4.09. The van der Waals surface area contributed by atoms with E-state index in [9.17, 15) is 0 Å². The van der Waals surface area contributed by atoms with Gasteiger partial charge in [-0.3, -0.25) is 10.9 Å². The zero-order valence-corrected chi connectivity index (χ0v) is 5.15. The van der Waals surface area contributed by atoms with Crippen molar-refractivity contribution in [3.05, 3.63) is 0 Å². The minimum absolute atomic E-state index is 1.50. The van der Waals surface area contributed by atoms with Crippen LogP contribution in [0.4, 0.5) is 0 Å². The fourth-order valence-electron chi connectivity index (χ4n) is 0. The van der Waals surface area contributed by atoms with Gasteiger partial charge >= 0.3 is 0 Å². The Morgan fingerprint density at radius 1 is 1.14 bits per heavy atom. The van der Waals surface area contributed by atoms with Gasteiger partial charge in [-0.2, -0.15) is 0 Å². The van der Waals surface area contributed by atoms with Crippen LogP contribution in [-0.4, -0.2) is 19.1 Å². The number of hydrazine groups is 1. The summed E-state index contributed by atoms with van der Waals surface area (Å²) in [7, 11) is 3.56. The van der Waals surface area contributed by atoms with Gasteiger partial charge < -0.3 is 0 Å². The molecular weight excluding hydrogens is 88.1 g/mol. The van der Waals surface area contributed by atoms with Gasteiger partial charge in [0, 0.05) is 14.1 Å². The minimum atomic E-state index is 1.50. The first-order chi connectivity index (χ1) is 3.23. The van der Waals surface area contributed by atoms with Gasteiger partial charge in [-0.15, -0.1) is 0 Å². The first-order valence-corrected chi connectivity index (χ1v) is 2.65. The zero-order valence-electron chi connectivity index (χ0n) is 5.15. The smallest absolute Gasteiger partial charge is 0.00105 e. The third kappa shape index (κ3) is 107. The lowest BCUT2D eigenvalue weighted by atomic mass is 11.0. The van der Waals surface area contributed by atoms with E-state index in [0.29, 0.717) is 0 Å². The standard InChI is InChI=1S/C3H6.C2H8N2/c1-2-3-1;1-4(2)3/h1-3H2;3H2,1-2H3. The SMILES string of the molecule is C1CC1.CN(C)N. The number of hydrogen-bond donors (Lipinski definition) is 1. The largest absolute Gasteiger partial charge is 0.269 e. The summed E-state index contributed by atoms with van der Waals surface area (Å²) in [6, 6.07) is 0. The van der Waals surface area contributed by atoms with Gasteiger partial charge in [0.1, 0.15) is 0 Å². The first-order valence-electron chi connectivity index (χ1n) is 2.65. The van der Waals surface area contributed by atoms with Crippen molar-refractivity contribution >= 4 is 0 Å². The highest BCUT2D eigenvalue weighted by Crippen LogP contribution is 2.14. The third-order valence-corrected chi connectivity index (χ3v) is 0.354. The molecule has 0 aromatic heterocycles. The van der Waals surface area contributed by atoms with Crippen molar-refractivity contribution in [2.24, 2.45) is 5.84 Å². The molecule has 0 heterocycles. The maximum atomic E-state index is 4.94. The van der Waals surface area contributed by atoms with Crippen LogP contribution >= 0.6 is 0 Å². The van der Waals surface area contributed by atoms with Gasteiger partial charge in [-0.25, -0.2) is 0 Å². The van der Waals surface area contributed by atoms with Crippen molar-refractivity contribution in [1.29, 1.82) is 0 Å². The van der Waals surface area contributed by atoms with E-state index in [2.05, 4.69) is 0 Å². The molecule has 0 radical (unpaired) electrons. The van der Waals surface area contributed by atoms with Crippen LogP contribution in [0.25, 0.3) is 0 Å². The molecule has 0 aromatic carbocycles. The Morgan fingerprint density at radius 3 is 1.29 bits per heavy atom. The molecule has 1 fully saturated rings. The molecule has 2 heteroatoms. The van der Waals surface area contributed by atoms with E-state index in [1.54, 1.807) is 14.1 Å². The van der Waals surface area contributed by atoms with Crippen LogP contribution in [0.3, 0.4) is 0 Å². The summed E-state index contributed by atoms with van der Waals surface area (Å²) >= 11 is 0. The normalized spacial score (nSPS) is 15.4. The number of hydrogen-bond acceptors (Lipinski definition) is 2. The molecule has 0 atom stereocenters. The highest BCUT2D eigenvalue weighted by atomic mass is 15.4. The molecule has 0 spiro atoms. The molecule has 1 rings (SSSR count). The van der Waals surface area contributed by atoms with Crippen molar-refractivity contribution in [1.82, 2.24) is 5.01 Å². The Bertz CT molecular complexity index is 27.6. The summed E-state index contributed by atoms with van der Waals surface area (Å²) in [6.45, 7) is 0. The van der Waals surface area contributed by atoms with Crippen molar-refractivity contribution in [2.75, 3.05) is 14.1 Å². The summed E-state index contributed by atoms with van der Waals surface area (Å²) in [4.78, 5) is 0. The van der Waals surface area contributed by atoms with Crippen LogP contribution in [0.1, 0.15) is 19.3 Å². The molecule has 7 heavy (non-hydrogen) atoms. The lowest BCUT2D eigenvalue weighted by molar-refractivity contribution is 0.432. The van der Waals surface area contributed by atoms with Gasteiger partial charge in [0.2, 0.25) is 0 Å². The highest BCUT2D eigenvalue weighted by Gasteiger charge is 1.95. The zero-order chi connectivity index (χ0) is 5.70. The Labute approximate surface area is 45.3 Å². The summed E-state index contributed by atoms with van der Waals surface area (Å²) in [5, 5.41) is 1.50. The molecule has 1 aliphatic rings. The molecule has 0 aliphatic heterocycles. The van der Waals surface area contributed by atoms with Crippen LogP contribution in [0, 0.1) is 0 Å². The summed E-state index contributed by atoms with van der Waals surface area (Å²) in [5.41, 5.74) is 0. The molecule has 0 amide bonds. The maximum absolute atomic E-state index is 4.94. The van der Waals surface area contributed by atoms with Gasteiger partial charge in [-0.05, 0) is 0 Å². The average Bonchev–Trinajstić information content (AvgIpc) is 2.02. The van der Waals surface area contributed by atoms with E-state index in [-0.39, 0.29) is 0 Å². The fraction of sp³-hybridized carbons (Fsp3) is 1.00. The average molecular weight is 102 g/mol. The van der Waals surface area contributed by atoms with Crippen LogP contribution in [-0.2, 0) is 0 Å². The molecule has 2 nitrogen and oxygen atoms in total. The monoisotopic (exact) mass is 102 g/mol. The topological polar surface area (TPSA) is 29.3 Å². The Kier molecular flexibility index (Phi) is 4.04. The molecular formula is C5H14N2. The van der Waals surface area contributed by atoms with Crippen LogP contribution in [0.2, 0.25) is 0 Å². The lowest BCUT2D eigenvalue weighted by Crippen LogP contribution is -2.18. The summed E-state index contributed by atoms with van der Waals surface area (Å²) < 4.78 is 0. The summed E-state index contributed by atoms with van der Waals surface area (Å²) in [6.07, 6.45) is 4.50. The van der Waals surface area contributed by atoms with Gasteiger partial charge in [0.15, 0.2) is 0 Å². The van der Waals surface area contributed by atoms with Crippen LogP contribution in [0.5, 0.6) is 0 Å². The van der Waals surface area contributed by atoms with Crippen molar-refractivity contribution < 1.29 is 0 Å².